The summed E-state index contributed by atoms with van der Waals surface area (Å²) in [6, 6.07) is -0.827. The van der Waals surface area contributed by atoms with Crippen molar-refractivity contribution in [2.45, 2.75) is 13.0 Å². The molecule has 0 aromatic carbocycles. The second kappa shape index (κ2) is 4.39. The first-order valence-electron chi connectivity index (χ1n) is 3.30. The van der Waals surface area contributed by atoms with Crippen molar-refractivity contribution < 1.29 is 28.2 Å². The van der Waals surface area contributed by atoms with Gasteiger partial charge in [0, 0.05) is 0 Å². The van der Waals surface area contributed by atoms with E-state index in [1.807, 2.05) is 0 Å². The van der Waals surface area contributed by atoms with Crippen molar-refractivity contribution in [3.8, 4) is 0 Å². The van der Waals surface area contributed by atoms with E-state index >= 15 is 0 Å². The fourth-order valence-electron chi connectivity index (χ4n) is 0.559. The van der Waals surface area contributed by atoms with Gasteiger partial charge < -0.3 is 19.8 Å². The number of aliphatic carboxylic acids is 1. The second-order valence-electron chi connectivity index (χ2n) is 2.39. The summed E-state index contributed by atoms with van der Waals surface area (Å²) >= 11 is 0. The fourth-order valence-corrected chi connectivity index (χ4v) is 0.983. The summed E-state index contributed by atoms with van der Waals surface area (Å²) in [7, 11) is -4.24. The third kappa shape index (κ3) is 6.08. The minimum Gasteiger partial charge on any atom is -0.748 e. The molecule has 0 amide bonds. The standard InChI is InChI=1S/C5H11NO5S/c1-4(5(7)8)6-2-3-12(9,10)11/h4,6H,2-3H2,1H3,(H,7,8)(H,9,10,11)/p-1/t4-/m1/s1. The Kier molecular flexibility index (Phi) is 4.15. The highest BCUT2D eigenvalue weighted by atomic mass is 32.2. The van der Waals surface area contributed by atoms with Crippen LogP contribution in [0.2, 0.25) is 0 Å². The zero-order valence-electron chi connectivity index (χ0n) is 6.52. The molecule has 72 valence electrons. The molecule has 12 heavy (non-hydrogen) atoms. The molecule has 0 saturated carbocycles. The Morgan fingerprint density at radius 2 is 2.08 bits per heavy atom. The van der Waals surface area contributed by atoms with Gasteiger partial charge in [-0.1, -0.05) is 0 Å². The van der Waals surface area contributed by atoms with Gasteiger partial charge in [-0.25, -0.2) is 8.42 Å². The Balaban J connectivity index is 3.65. The number of carboxylic acid groups (broad SMARTS) is 1. The molecule has 0 fully saturated rings. The Labute approximate surface area is 70.3 Å². The monoisotopic (exact) mass is 196 g/mol. The van der Waals surface area contributed by atoms with Crippen molar-refractivity contribution in [3.63, 3.8) is 0 Å². The lowest BCUT2D eigenvalue weighted by atomic mass is 10.3. The average molecular weight is 196 g/mol. The van der Waals surface area contributed by atoms with Gasteiger partial charge in [0.1, 0.15) is 16.2 Å². The summed E-state index contributed by atoms with van der Waals surface area (Å²) in [5.74, 6) is -1.84. The molecule has 0 aromatic heterocycles. The first-order valence-corrected chi connectivity index (χ1v) is 4.88. The minimum atomic E-state index is -4.24. The second-order valence-corrected chi connectivity index (χ2v) is 3.92. The van der Waals surface area contributed by atoms with Gasteiger partial charge in [-0.15, -0.1) is 0 Å². The van der Waals surface area contributed by atoms with Gasteiger partial charge >= 0.3 is 0 Å². The third-order valence-corrected chi connectivity index (χ3v) is 2.00. The Morgan fingerprint density at radius 1 is 1.58 bits per heavy atom. The van der Waals surface area contributed by atoms with Crippen LogP contribution in [0.15, 0.2) is 0 Å². The van der Waals surface area contributed by atoms with Crippen LogP contribution in [0.25, 0.3) is 0 Å². The van der Waals surface area contributed by atoms with Crippen LogP contribution in [0.1, 0.15) is 6.92 Å². The number of carbonyl (C=O) groups is 1. The molecule has 0 aliphatic carbocycles. The largest absolute Gasteiger partial charge is 0.748 e. The topological polar surface area (TPSA) is 114 Å². The molecule has 0 rings (SSSR count). The maximum atomic E-state index is 10.1. The van der Waals surface area contributed by atoms with E-state index in [2.05, 4.69) is 0 Å². The van der Waals surface area contributed by atoms with Crippen molar-refractivity contribution in [1.82, 2.24) is 0 Å². The van der Waals surface area contributed by atoms with Gasteiger partial charge in [-0.3, -0.25) is 0 Å². The number of carboxylic acids is 1. The Morgan fingerprint density at radius 3 is 2.42 bits per heavy atom. The molecular weight excluding hydrogens is 186 g/mol. The van der Waals surface area contributed by atoms with Crippen LogP contribution in [0, 0.1) is 0 Å². The molecule has 0 saturated heterocycles. The Bertz CT molecular complexity index is 247. The molecular formula is C5H10NO5S-. The molecule has 0 aromatic rings. The maximum absolute atomic E-state index is 10.1. The highest BCUT2D eigenvalue weighted by Crippen LogP contribution is 1.75. The summed E-state index contributed by atoms with van der Waals surface area (Å²) in [5.41, 5.74) is 0. The first kappa shape index (κ1) is 11.3. The molecule has 0 bridgehead atoms. The predicted molar refractivity (Wildman–Crippen MR) is 35.8 cm³/mol. The average Bonchev–Trinajstić information content (AvgIpc) is 1.84. The summed E-state index contributed by atoms with van der Waals surface area (Å²) in [4.78, 5) is 10.1. The van der Waals surface area contributed by atoms with Crippen LogP contribution in [0.5, 0.6) is 0 Å². The quantitative estimate of drug-likeness (QED) is 0.453. The Hall–Kier alpha value is -0.660. The van der Waals surface area contributed by atoms with Gasteiger partial charge in [0.2, 0.25) is 0 Å². The first-order chi connectivity index (χ1) is 5.33. The van der Waals surface area contributed by atoms with Gasteiger partial charge in [0.15, 0.2) is 0 Å². The number of nitrogens with two attached hydrogens (primary N) is 1. The van der Waals surface area contributed by atoms with E-state index < -0.39 is 27.9 Å². The molecule has 0 aliphatic heterocycles. The summed E-state index contributed by atoms with van der Waals surface area (Å²) < 4.78 is 30.1. The molecule has 0 unspecified atom stereocenters. The van der Waals surface area contributed by atoms with Gasteiger partial charge in [0.05, 0.1) is 18.3 Å². The molecule has 7 heteroatoms. The van der Waals surface area contributed by atoms with E-state index in [0.717, 1.165) is 0 Å². The van der Waals surface area contributed by atoms with E-state index in [0.29, 0.717) is 0 Å². The number of rotatable bonds is 5. The summed E-state index contributed by atoms with van der Waals surface area (Å²) in [6.07, 6.45) is 0. The van der Waals surface area contributed by atoms with Crippen molar-refractivity contribution in [1.29, 1.82) is 0 Å². The van der Waals surface area contributed by atoms with Crippen LogP contribution < -0.4 is 10.4 Å². The van der Waals surface area contributed by atoms with Crippen molar-refractivity contribution in [3.05, 3.63) is 0 Å². The minimum absolute atomic E-state index is 0.0546. The van der Waals surface area contributed by atoms with Crippen LogP contribution in [-0.2, 0) is 14.9 Å². The van der Waals surface area contributed by atoms with Crippen LogP contribution in [-0.4, -0.2) is 37.3 Å². The lowest BCUT2D eigenvalue weighted by Crippen LogP contribution is -2.93. The van der Waals surface area contributed by atoms with E-state index in [1.54, 1.807) is 0 Å². The maximum Gasteiger partial charge on any atom is 0.123 e. The molecule has 0 spiro atoms. The molecule has 2 N–H and O–H groups in total. The number of quaternary nitrogens is 1. The number of hydrogen-bond acceptors (Lipinski definition) is 5. The summed E-state index contributed by atoms with van der Waals surface area (Å²) in [5, 5.41) is 11.3. The van der Waals surface area contributed by atoms with E-state index in [-0.39, 0.29) is 6.54 Å². The van der Waals surface area contributed by atoms with Gasteiger partial charge in [-0.2, -0.15) is 0 Å². The zero-order valence-corrected chi connectivity index (χ0v) is 7.33. The van der Waals surface area contributed by atoms with Crippen molar-refractivity contribution in [2.75, 3.05) is 12.3 Å². The lowest BCUT2D eigenvalue weighted by Gasteiger charge is -2.11. The third-order valence-electron chi connectivity index (χ3n) is 1.26. The van der Waals surface area contributed by atoms with Gasteiger partial charge in [-0.05, 0) is 6.92 Å². The van der Waals surface area contributed by atoms with Crippen LogP contribution in [0.4, 0.5) is 0 Å². The highest BCUT2D eigenvalue weighted by Gasteiger charge is 2.05. The van der Waals surface area contributed by atoms with Crippen LogP contribution >= 0.6 is 0 Å². The fraction of sp³-hybridized carbons (Fsp3) is 0.800. The SMILES string of the molecule is C[C@@H]([NH2+]CCS(=O)(=O)[O-])C(=O)[O-]. The van der Waals surface area contributed by atoms with E-state index in [4.69, 9.17) is 0 Å². The van der Waals surface area contributed by atoms with Crippen molar-refractivity contribution in [2.24, 2.45) is 0 Å². The number of carbonyl (C=O) groups excluding carboxylic acids is 1. The number of hydrogen-bond donors (Lipinski definition) is 1. The molecule has 1 atom stereocenters. The predicted octanol–water partition coefficient (Wildman–Crippen LogP) is -3.77. The molecule has 0 radical (unpaired) electrons. The smallest absolute Gasteiger partial charge is 0.123 e. The molecule has 0 heterocycles. The van der Waals surface area contributed by atoms with E-state index in [1.165, 1.54) is 12.2 Å². The normalized spacial score (nSPS) is 14.2. The lowest BCUT2D eigenvalue weighted by molar-refractivity contribution is -0.676. The zero-order chi connectivity index (χ0) is 9.78. The van der Waals surface area contributed by atoms with Crippen LogP contribution in [0.3, 0.4) is 0 Å². The highest BCUT2D eigenvalue weighted by molar-refractivity contribution is 7.85. The summed E-state index contributed by atoms with van der Waals surface area (Å²) in [6.45, 7) is 1.30. The molecule has 6 nitrogen and oxygen atoms in total. The van der Waals surface area contributed by atoms with Gasteiger partial charge in [0.25, 0.3) is 0 Å². The van der Waals surface area contributed by atoms with Crippen molar-refractivity contribution >= 4 is 16.1 Å². The molecule has 0 aliphatic rings. The van der Waals surface area contributed by atoms with E-state index in [9.17, 15) is 22.9 Å².